The highest BCUT2D eigenvalue weighted by molar-refractivity contribution is 6.62. The summed E-state index contributed by atoms with van der Waals surface area (Å²) in [6, 6.07) is 1.21. The minimum atomic E-state index is -4.75. The lowest BCUT2D eigenvalue weighted by Crippen LogP contribution is -2.41. The van der Waals surface area contributed by atoms with E-state index in [1.54, 1.807) is 0 Å². The molecular weight excluding hydrogens is 274 g/mol. The van der Waals surface area contributed by atoms with Gasteiger partial charge in [-0.15, -0.1) is 13.2 Å². The lowest BCUT2D eigenvalue weighted by molar-refractivity contribution is -0.274. The average molecular weight is 289 g/mol. The summed E-state index contributed by atoms with van der Waals surface area (Å²) in [4.78, 5) is 3.72. The molecule has 110 valence electrons. The van der Waals surface area contributed by atoms with Crippen molar-refractivity contribution in [1.82, 2.24) is 4.98 Å². The molecule has 1 saturated heterocycles. The third-order valence-electron chi connectivity index (χ3n) is 3.49. The largest absolute Gasteiger partial charge is 0.573 e. The predicted octanol–water partition coefficient (Wildman–Crippen LogP) is 2.28. The van der Waals surface area contributed by atoms with Crippen LogP contribution in [-0.4, -0.2) is 29.7 Å². The lowest BCUT2D eigenvalue weighted by atomic mass is 9.80. The average Bonchev–Trinajstić information content (AvgIpc) is 2.46. The molecule has 8 heteroatoms. The molecule has 1 aliphatic rings. The first-order valence-corrected chi connectivity index (χ1v) is 6.06. The van der Waals surface area contributed by atoms with Crippen LogP contribution in [0.5, 0.6) is 5.75 Å². The van der Waals surface area contributed by atoms with Gasteiger partial charge in [0.05, 0.1) is 17.4 Å². The number of nitrogens with zero attached hydrogens (tertiary/aromatic N) is 1. The molecule has 1 fully saturated rings. The fourth-order valence-electron chi connectivity index (χ4n) is 1.73. The summed E-state index contributed by atoms with van der Waals surface area (Å²) in [6.45, 7) is 7.43. The molecule has 0 radical (unpaired) electrons. The zero-order valence-electron chi connectivity index (χ0n) is 11.6. The van der Waals surface area contributed by atoms with E-state index in [1.807, 2.05) is 27.7 Å². The molecule has 20 heavy (non-hydrogen) atoms. The zero-order valence-corrected chi connectivity index (χ0v) is 11.6. The first kappa shape index (κ1) is 15.1. The molecule has 0 spiro atoms. The van der Waals surface area contributed by atoms with Crippen LogP contribution in [0.25, 0.3) is 0 Å². The number of aromatic nitrogens is 1. The number of pyridine rings is 1. The van der Waals surface area contributed by atoms with Crippen LogP contribution < -0.4 is 10.2 Å². The van der Waals surface area contributed by atoms with Crippen molar-refractivity contribution >= 4 is 12.6 Å². The molecule has 1 aliphatic heterocycles. The molecule has 0 aliphatic carbocycles. The number of hydrogen-bond acceptors (Lipinski definition) is 4. The van der Waals surface area contributed by atoms with Crippen molar-refractivity contribution in [2.24, 2.45) is 0 Å². The van der Waals surface area contributed by atoms with Crippen molar-refractivity contribution in [3.8, 4) is 5.75 Å². The van der Waals surface area contributed by atoms with E-state index in [1.165, 1.54) is 12.3 Å². The maximum absolute atomic E-state index is 12.2. The van der Waals surface area contributed by atoms with E-state index >= 15 is 0 Å². The van der Waals surface area contributed by atoms with Gasteiger partial charge in [-0.2, -0.15) is 0 Å². The molecule has 4 nitrogen and oxygen atoms in total. The summed E-state index contributed by atoms with van der Waals surface area (Å²) >= 11 is 0. The fourth-order valence-corrected chi connectivity index (χ4v) is 1.73. The number of alkyl halides is 3. The zero-order chi connectivity index (χ0) is 15.2. The summed E-state index contributed by atoms with van der Waals surface area (Å²) in [7, 11) is -0.774. The van der Waals surface area contributed by atoms with Crippen LogP contribution in [0.1, 0.15) is 27.7 Å². The third kappa shape index (κ3) is 3.07. The van der Waals surface area contributed by atoms with Crippen molar-refractivity contribution in [2.75, 3.05) is 0 Å². The first-order chi connectivity index (χ1) is 9.00. The second-order valence-corrected chi connectivity index (χ2v) is 5.59. The monoisotopic (exact) mass is 289 g/mol. The normalized spacial score (nSPS) is 21.1. The number of halogens is 3. The Hall–Kier alpha value is -1.28. The quantitative estimate of drug-likeness (QED) is 0.783. The van der Waals surface area contributed by atoms with Gasteiger partial charge in [0, 0.05) is 11.7 Å². The molecule has 0 atom stereocenters. The van der Waals surface area contributed by atoms with Gasteiger partial charge in [0.1, 0.15) is 5.75 Å². The molecule has 0 unspecified atom stereocenters. The topological polar surface area (TPSA) is 40.6 Å². The maximum Gasteiger partial charge on any atom is 0.573 e. The molecule has 1 aromatic heterocycles. The molecule has 0 bridgehead atoms. The number of rotatable bonds is 2. The number of hydrogen-bond donors (Lipinski definition) is 0. The molecule has 0 N–H and O–H groups in total. The van der Waals surface area contributed by atoms with E-state index in [-0.39, 0.29) is 0 Å². The van der Waals surface area contributed by atoms with Gasteiger partial charge in [0.15, 0.2) is 0 Å². The van der Waals surface area contributed by atoms with Gasteiger partial charge >= 0.3 is 13.5 Å². The molecule has 0 amide bonds. The van der Waals surface area contributed by atoms with E-state index in [9.17, 15) is 13.2 Å². The molecule has 2 heterocycles. The second-order valence-electron chi connectivity index (χ2n) is 5.59. The van der Waals surface area contributed by atoms with Gasteiger partial charge in [-0.05, 0) is 33.8 Å². The standard InChI is InChI=1S/C12H15BF3NO3/c1-10(2)11(3,4)20-13(19-10)8-5-9(7-17-6-8)18-12(14,15)16/h5-7H,1-4H3. The van der Waals surface area contributed by atoms with Gasteiger partial charge in [-0.1, -0.05) is 0 Å². The van der Waals surface area contributed by atoms with Crippen molar-refractivity contribution in [2.45, 2.75) is 45.3 Å². The molecule has 1 aromatic rings. The molecule has 0 aromatic carbocycles. The molecule has 0 saturated carbocycles. The summed E-state index contributed by atoms with van der Waals surface area (Å²) in [5, 5.41) is 0. The van der Waals surface area contributed by atoms with Crippen LogP contribution in [0.2, 0.25) is 0 Å². The highest BCUT2D eigenvalue weighted by Gasteiger charge is 2.52. The summed E-state index contributed by atoms with van der Waals surface area (Å²) in [5.74, 6) is -0.398. The van der Waals surface area contributed by atoms with Crippen molar-refractivity contribution < 1.29 is 27.2 Å². The first-order valence-electron chi connectivity index (χ1n) is 6.06. The van der Waals surface area contributed by atoms with E-state index in [0.717, 1.165) is 6.20 Å². The summed E-state index contributed by atoms with van der Waals surface area (Å²) in [5.41, 5.74) is -0.762. The summed E-state index contributed by atoms with van der Waals surface area (Å²) in [6.07, 6.45) is -2.37. The van der Waals surface area contributed by atoms with Crippen molar-refractivity contribution in [3.05, 3.63) is 18.5 Å². The van der Waals surface area contributed by atoms with Crippen molar-refractivity contribution in [3.63, 3.8) is 0 Å². The predicted molar refractivity (Wildman–Crippen MR) is 66.6 cm³/mol. The highest BCUT2D eigenvalue weighted by atomic mass is 19.4. The second kappa shape index (κ2) is 4.63. The summed E-state index contributed by atoms with van der Waals surface area (Å²) < 4.78 is 51.9. The Kier molecular flexibility index (Phi) is 3.50. The van der Waals surface area contributed by atoms with E-state index in [0.29, 0.717) is 5.46 Å². The maximum atomic E-state index is 12.2. The van der Waals surface area contributed by atoms with Gasteiger partial charge in [-0.25, -0.2) is 0 Å². The van der Waals surface area contributed by atoms with Gasteiger partial charge < -0.3 is 14.0 Å². The number of ether oxygens (including phenoxy) is 1. The Morgan fingerprint density at radius 1 is 1.10 bits per heavy atom. The fraction of sp³-hybridized carbons (Fsp3) is 0.583. The van der Waals surface area contributed by atoms with Gasteiger partial charge in [0.2, 0.25) is 0 Å². The molecule has 2 rings (SSSR count). The van der Waals surface area contributed by atoms with Crippen LogP contribution >= 0.6 is 0 Å². The van der Waals surface area contributed by atoms with Crippen LogP contribution in [0.4, 0.5) is 13.2 Å². The SMILES string of the molecule is CC1(C)OB(c2cncc(OC(F)(F)F)c2)OC1(C)C. The third-order valence-corrected chi connectivity index (χ3v) is 3.49. The Morgan fingerprint density at radius 3 is 2.15 bits per heavy atom. The van der Waals surface area contributed by atoms with Crippen LogP contribution in [0, 0.1) is 0 Å². The minimum absolute atomic E-state index is 0.380. The van der Waals surface area contributed by atoms with E-state index in [4.69, 9.17) is 9.31 Å². The van der Waals surface area contributed by atoms with E-state index < -0.39 is 30.4 Å². The van der Waals surface area contributed by atoms with Crippen molar-refractivity contribution in [1.29, 1.82) is 0 Å². The smallest absolute Gasteiger partial charge is 0.404 e. The van der Waals surface area contributed by atoms with E-state index in [2.05, 4.69) is 9.72 Å². The Morgan fingerprint density at radius 2 is 1.65 bits per heavy atom. The molecular formula is C12H15BF3NO3. The Bertz CT molecular complexity index is 489. The van der Waals surface area contributed by atoms with Gasteiger partial charge in [-0.3, -0.25) is 4.98 Å². The van der Waals surface area contributed by atoms with Crippen LogP contribution in [-0.2, 0) is 9.31 Å². The Balaban J connectivity index is 2.21. The highest BCUT2D eigenvalue weighted by Crippen LogP contribution is 2.36. The lowest BCUT2D eigenvalue weighted by Gasteiger charge is -2.32. The van der Waals surface area contributed by atoms with Crippen LogP contribution in [0.15, 0.2) is 18.5 Å². The minimum Gasteiger partial charge on any atom is -0.404 e. The van der Waals surface area contributed by atoms with Gasteiger partial charge in [0.25, 0.3) is 0 Å². The van der Waals surface area contributed by atoms with Crippen LogP contribution in [0.3, 0.4) is 0 Å². The Labute approximate surface area is 115 Å².